The second-order valence-electron chi connectivity index (χ2n) is 8.76. The van der Waals surface area contributed by atoms with Crippen molar-refractivity contribution in [2.24, 2.45) is 0 Å². The van der Waals surface area contributed by atoms with Crippen LogP contribution in [0, 0.1) is 0 Å². The van der Waals surface area contributed by atoms with Crippen LogP contribution < -0.4 is 0 Å². The largest absolute Gasteiger partial charge is 0.416 e. The number of hydrogen-bond donors (Lipinski definition) is 0. The molecule has 4 rings (SSSR count). The Labute approximate surface area is 198 Å². The van der Waals surface area contributed by atoms with E-state index in [0.717, 1.165) is 31.4 Å². The minimum atomic E-state index is -4.38. The molecule has 34 heavy (non-hydrogen) atoms. The first-order chi connectivity index (χ1) is 16.1. The molecule has 1 amide bonds. The topological polar surface area (TPSA) is 60.9 Å². The minimum Gasteiger partial charge on any atom is -0.336 e. The van der Waals surface area contributed by atoms with Crippen LogP contribution in [0.25, 0.3) is 0 Å². The zero-order valence-corrected chi connectivity index (χ0v) is 19.6. The summed E-state index contributed by atoms with van der Waals surface area (Å²) in [5, 5.41) is 0. The van der Waals surface area contributed by atoms with Gasteiger partial charge in [-0.1, -0.05) is 30.7 Å². The molecule has 2 aromatic carbocycles. The Morgan fingerprint density at radius 1 is 0.853 bits per heavy atom. The van der Waals surface area contributed by atoms with Crippen LogP contribution in [-0.2, 0) is 22.7 Å². The lowest BCUT2D eigenvalue weighted by Crippen LogP contribution is -2.48. The number of amides is 1. The van der Waals surface area contributed by atoms with Gasteiger partial charge in [-0.25, -0.2) is 8.42 Å². The fourth-order valence-corrected chi connectivity index (χ4v) is 6.00. The van der Waals surface area contributed by atoms with Gasteiger partial charge in [0.05, 0.1) is 10.5 Å². The van der Waals surface area contributed by atoms with E-state index in [1.54, 1.807) is 23.1 Å². The lowest BCUT2D eigenvalue weighted by Gasteiger charge is -2.35. The van der Waals surface area contributed by atoms with Crippen LogP contribution in [0.15, 0.2) is 53.4 Å². The molecule has 10 heteroatoms. The third kappa shape index (κ3) is 5.61. The van der Waals surface area contributed by atoms with Gasteiger partial charge in [0.15, 0.2) is 0 Å². The summed E-state index contributed by atoms with van der Waals surface area (Å²) in [5.74, 6) is -0.241. The molecule has 0 N–H and O–H groups in total. The Hall–Kier alpha value is -2.43. The van der Waals surface area contributed by atoms with Crippen molar-refractivity contribution in [3.05, 3.63) is 65.2 Å². The van der Waals surface area contributed by atoms with Gasteiger partial charge >= 0.3 is 6.18 Å². The van der Waals surface area contributed by atoms with Gasteiger partial charge in [-0.15, -0.1) is 0 Å². The SMILES string of the molecule is O=C(c1cccc(S(=O)(=O)N2CCCCC2)c1)N1CCN(Cc2cccc(C(F)(F)F)c2)CC1. The number of hydrogen-bond acceptors (Lipinski definition) is 4. The second-order valence-corrected chi connectivity index (χ2v) is 10.7. The molecular formula is C24H28F3N3O3S. The summed E-state index contributed by atoms with van der Waals surface area (Å²) >= 11 is 0. The molecule has 2 saturated heterocycles. The van der Waals surface area contributed by atoms with Gasteiger partial charge in [0.1, 0.15) is 0 Å². The highest BCUT2D eigenvalue weighted by atomic mass is 32.2. The summed E-state index contributed by atoms with van der Waals surface area (Å²) in [7, 11) is -3.63. The van der Waals surface area contributed by atoms with Crippen molar-refractivity contribution in [2.45, 2.75) is 36.9 Å². The average molecular weight is 496 g/mol. The molecular weight excluding hydrogens is 467 g/mol. The van der Waals surface area contributed by atoms with Crippen LogP contribution in [0.1, 0.15) is 40.7 Å². The Kier molecular flexibility index (Phi) is 7.30. The number of benzene rings is 2. The molecule has 2 aliphatic rings. The quantitative estimate of drug-likeness (QED) is 0.633. The van der Waals surface area contributed by atoms with E-state index in [2.05, 4.69) is 0 Å². The number of halogens is 3. The zero-order chi connectivity index (χ0) is 24.3. The van der Waals surface area contributed by atoms with Crippen LogP contribution in [-0.4, -0.2) is 67.7 Å². The van der Waals surface area contributed by atoms with Gasteiger partial charge in [-0.3, -0.25) is 9.69 Å². The molecule has 2 heterocycles. The lowest BCUT2D eigenvalue weighted by atomic mass is 10.1. The molecule has 6 nitrogen and oxygen atoms in total. The summed E-state index contributed by atoms with van der Waals surface area (Å²) in [6.07, 6.45) is -1.69. The molecule has 2 aromatic rings. The zero-order valence-electron chi connectivity index (χ0n) is 18.8. The Bertz CT molecular complexity index is 1120. The molecule has 0 bridgehead atoms. The van der Waals surface area contributed by atoms with Gasteiger partial charge in [0, 0.05) is 51.4 Å². The van der Waals surface area contributed by atoms with Crippen LogP contribution in [0.5, 0.6) is 0 Å². The monoisotopic (exact) mass is 495 g/mol. The Balaban J connectivity index is 1.38. The van der Waals surface area contributed by atoms with E-state index < -0.39 is 21.8 Å². The molecule has 0 aromatic heterocycles. The first-order valence-corrected chi connectivity index (χ1v) is 12.9. The molecule has 0 unspecified atom stereocenters. The highest BCUT2D eigenvalue weighted by molar-refractivity contribution is 7.89. The summed E-state index contributed by atoms with van der Waals surface area (Å²) in [6, 6.07) is 11.5. The van der Waals surface area contributed by atoms with Gasteiger partial charge in [0.25, 0.3) is 5.91 Å². The molecule has 0 atom stereocenters. The smallest absolute Gasteiger partial charge is 0.336 e. The van der Waals surface area contributed by atoms with E-state index in [0.29, 0.717) is 56.9 Å². The predicted molar refractivity (Wildman–Crippen MR) is 122 cm³/mol. The van der Waals surface area contributed by atoms with E-state index in [1.165, 1.54) is 22.5 Å². The number of carbonyl (C=O) groups is 1. The molecule has 0 radical (unpaired) electrons. The Morgan fingerprint density at radius 3 is 2.21 bits per heavy atom. The molecule has 2 aliphatic heterocycles. The van der Waals surface area contributed by atoms with Crippen molar-refractivity contribution in [3.63, 3.8) is 0 Å². The number of rotatable bonds is 5. The van der Waals surface area contributed by atoms with Gasteiger partial charge in [-0.2, -0.15) is 17.5 Å². The van der Waals surface area contributed by atoms with Gasteiger partial charge < -0.3 is 4.90 Å². The molecule has 2 fully saturated rings. The van der Waals surface area contributed by atoms with Crippen molar-refractivity contribution in [3.8, 4) is 0 Å². The first-order valence-electron chi connectivity index (χ1n) is 11.4. The Morgan fingerprint density at radius 2 is 1.53 bits per heavy atom. The van der Waals surface area contributed by atoms with Crippen molar-refractivity contribution in [1.29, 1.82) is 0 Å². The fourth-order valence-electron chi connectivity index (χ4n) is 4.44. The number of nitrogens with zero attached hydrogens (tertiary/aromatic N) is 3. The molecule has 0 aliphatic carbocycles. The van der Waals surface area contributed by atoms with Crippen molar-refractivity contribution >= 4 is 15.9 Å². The maximum atomic E-state index is 13.0. The number of alkyl halides is 3. The van der Waals surface area contributed by atoms with Crippen molar-refractivity contribution in [1.82, 2.24) is 14.1 Å². The number of piperazine rings is 1. The van der Waals surface area contributed by atoms with Crippen LogP contribution >= 0.6 is 0 Å². The standard InChI is InChI=1S/C24H28F3N3O3S/c25-24(26,27)21-8-4-6-19(16-21)18-28-12-14-29(15-13-28)23(31)20-7-5-9-22(17-20)34(32,33)30-10-2-1-3-11-30/h4-9,16-17H,1-3,10-15,18H2. The summed E-state index contributed by atoms with van der Waals surface area (Å²) in [4.78, 5) is 16.8. The fraction of sp³-hybridized carbons (Fsp3) is 0.458. The maximum Gasteiger partial charge on any atom is 0.416 e. The number of carbonyl (C=O) groups excluding carboxylic acids is 1. The van der Waals surface area contributed by atoms with Crippen LogP contribution in [0.3, 0.4) is 0 Å². The van der Waals surface area contributed by atoms with Crippen LogP contribution in [0.4, 0.5) is 13.2 Å². The summed E-state index contributed by atoms with van der Waals surface area (Å²) < 4.78 is 66.3. The molecule has 184 valence electrons. The third-order valence-corrected chi connectivity index (χ3v) is 8.25. The molecule has 0 saturated carbocycles. The highest BCUT2D eigenvalue weighted by Gasteiger charge is 2.31. The summed E-state index contributed by atoms with van der Waals surface area (Å²) in [6.45, 7) is 3.24. The first kappa shape index (κ1) is 24.7. The summed E-state index contributed by atoms with van der Waals surface area (Å²) in [5.41, 5.74) is 0.229. The van der Waals surface area contributed by atoms with E-state index in [-0.39, 0.29) is 10.8 Å². The van der Waals surface area contributed by atoms with Crippen LogP contribution in [0.2, 0.25) is 0 Å². The normalized spacial score (nSPS) is 18.7. The van der Waals surface area contributed by atoms with Crippen molar-refractivity contribution in [2.75, 3.05) is 39.3 Å². The van der Waals surface area contributed by atoms with E-state index in [1.807, 2.05) is 4.90 Å². The minimum absolute atomic E-state index is 0.128. The third-order valence-electron chi connectivity index (χ3n) is 6.35. The maximum absolute atomic E-state index is 13.0. The highest BCUT2D eigenvalue weighted by Crippen LogP contribution is 2.30. The second kappa shape index (κ2) is 10.1. The van der Waals surface area contributed by atoms with E-state index in [4.69, 9.17) is 0 Å². The van der Waals surface area contributed by atoms with E-state index >= 15 is 0 Å². The van der Waals surface area contributed by atoms with Gasteiger partial charge in [-0.05, 0) is 42.7 Å². The van der Waals surface area contributed by atoms with Crippen molar-refractivity contribution < 1.29 is 26.4 Å². The molecule has 0 spiro atoms. The lowest BCUT2D eigenvalue weighted by molar-refractivity contribution is -0.137. The van der Waals surface area contributed by atoms with E-state index in [9.17, 15) is 26.4 Å². The number of piperidine rings is 1. The number of sulfonamides is 1. The predicted octanol–water partition coefficient (Wildman–Crippen LogP) is 3.84. The van der Waals surface area contributed by atoms with Gasteiger partial charge in [0.2, 0.25) is 10.0 Å². The average Bonchev–Trinajstić information content (AvgIpc) is 2.84.